The van der Waals surface area contributed by atoms with Crippen LogP contribution in [-0.2, 0) is 26.9 Å². The number of nitrogens with zero attached hydrogens (tertiary/aromatic N) is 1. The monoisotopic (exact) mass is 313 g/mol. The van der Waals surface area contributed by atoms with Gasteiger partial charge in [-0.1, -0.05) is 18.2 Å². The molecule has 0 bridgehead atoms. The quantitative estimate of drug-likeness (QED) is 0.783. The van der Waals surface area contributed by atoms with Gasteiger partial charge in [0.05, 0.1) is 24.5 Å². The van der Waals surface area contributed by atoms with E-state index in [9.17, 15) is 22.8 Å². The molecule has 4 nitrogen and oxygen atoms in total. The van der Waals surface area contributed by atoms with Gasteiger partial charge in [0.2, 0.25) is 5.91 Å². The Hall–Kier alpha value is -2.05. The fourth-order valence-electron chi connectivity index (χ4n) is 3.03. The van der Waals surface area contributed by atoms with Gasteiger partial charge < -0.3 is 9.64 Å². The number of amides is 1. The molecule has 2 aliphatic heterocycles. The summed E-state index contributed by atoms with van der Waals surface area (Å²) in [5.74, 6) is -1.08. The van der Waals surface area contributed by atoms with Crippen molar-refractivity contribution in [2.45, 2.75) is 12.6 Å². The lowest BCUT2D eigenvalue weighted by Gasteiger charge is -2.19. The smallest absolute Gasteiger partial charge is 0.416 e. The zero-order valence-corrected chi connectivity index (χ0v) is 11.6. The second-order valence-corrected chi connectivity index (χ2v) is 5.63. The molecule has 0 N–H and O–H groups in total. The van der Waals surface area contributed by atoms with Gasteiger partial charge in [-0.15, -0.1) is 0 Å². The Morgan fingerprint density at radius 2 is 2.00 bits per heavy atom. The van der Waals surface area contributed by atoms with E-state index in [4.69, 9.17) is 4.74 Å². The topological polar surface area (TPSA) is 46.6 Å². The molecule has 1 amide bonds. The van der Waals surface area contributed by atoms with Crippen LogP contribution < -0.4 is 0 Å². The number of carbonyl (C=O) groups excluding carboxylic acids is 2. The SMILES string of the molecule is O=C1OC[C@H]2CN(C(=O)Cc3ccccc3C(F)(F)F)C[C@@H]12. The van der Waals surface area contributed by atoms with Crippen LogP contribution in [0.2, 0.25) is 0 Å². The Kier molecular flexibility index (Phi) is 3.58. The first-order valence-electron chi connectivity index (χ1n) is 6.96. The van der Waals surface area contributed by atoms with E-state index in [2.05, 4.69) is 0 Å². The Morgan fingerprint density at radius 1 is 1.27 bits per heavy atom. The van der Waals surface area contributed by atoms with Crippen molar-refractivity contribution < 1.29 is 27.5 Å². The summed E-state index contributed by atoms with van der Waals surface area (Å²) in [6.07, 6.45) is -4.80. The Balaban J connectivity index is 1.72. The molecule has 2 aliphatic rings. The van der Waals surface area contributed by atoms with Crippen LogP contribution in [0, 0.1) is 11.8 Å². The number of hydrogen-bond acceptors (Lipinski definition) is 3. The second-order valence-electron chi connectivity index (χ2n) is 5.63. The van der Waals surface area contributed by atoms with Crippen LogP contribution in [0.25, 0.3) is 0 Å². The highest BCUT2D eigenvalue weighted by molar-refractivity contribution is 5.82. The number of likely N-dealkylation sites (tertiary alicyclic amines) is 1. The van der Waals surface area contributed by atoms with Crippen molar-refractivity contribution in [3.05, 3.63) is 35.4 Å². The molecule has 0 saturated carbocycles. The molecule has 2 fully saturated rings. The van der Waals surface area contributed by atoms with E-state index in [-0.39, 0.29) is 48.8 Å². The van der Waals surface area contributed by atoms with E-state index >= 15 is 0 Å². The molecular formula is C15H14F3NO3. The Morgan fingerprint density at radius 3 is 2.68 bits per heavy atom. The lowest BCUT2D eigenvalue weighted by molar-refractivity contribution is -0.142. The van der Waals surface area contributed by atoms with E-state index in [1.54, 1.807) is 0 Å². The maximum atomic E-state index is 12.9. The van der Waals surface area contributed by atoms with Gasteiger partial charge in [-0.05, 0) is 11.6 Å². The molecule has 2 atom stereocenters. The van der Waals surface area contributed by atoms with Crippen molar-refractivity contribution in [1.82, 2.24) is 4.90 Å². The largest absolute Gasteiger partial charge is 0.465 e. The second kappa shape index (κ2) is 5.30. The van der Waals surface area contributed by atoms with Crippen molar-refractivity contribution in [2.24, 2.45) is 11.8 Å². The molecule has 7 heteroatoms. The van der Waals surface area contributed by atoms with E-state index in [1.165, 1.54) is 23.1 Å². The van der Waals surface area contributed by atoms with Crippen LogP contribution in [0.15, 0.2) is 24.3 Å². The lowest BCUT2D eigenvalue weighted by Crippen LogP contribution is -2.32. The van der Waals surface area contributed by atoms with E-state index in [1.807, 2.05) is 0 Å². The lowest BCUT2D eigenvalue weighted by atomic mass is 10.0. The maximum absolute atomic E-state index is 12.9. The van der Waals surface area contributed by atoms with Gasteiger partial charge in [0.15, 0.2) is 0 Å². The highest BCUT2D eigenvalue weighted by Gasteiger charge is 2.45. The van der Waals surface area contributed by atoms with Crippen molar-refractivity contribution in [3.63, 3.8) is 0 Å². The van der Waals surface area contributed by atoms with E-state index in [0.29, 0.717) is 6.54 Å². The van der Waals surface area contributed by atoms with Crippen LogP contribution in [0.4, 0.5) is 13.2 Å². The molecule has 2 saturated heterocycles. The average Bonchev–Trinajstić information content (AvgIpc) is 3.01. The minimum atomic E-state index is -4.48. The summed E-state index contributed by atoms with van der Waals surface area (Å²) < 4.78 is 43.7. The summed E-state index contributed by atoms with van der Waals surface area (Å²) >= 11 is 0. The van der Waals surface area contributed by atoms with Crippen LogP contribution in [0.1, 0.15) is 11.1 Å². The first-order valence-corrected chi connectivity index (χ1v) is 6.96. The number of ether oxygens (including phenoxy) is 1. The third-order valence-electron chi connectivity index (χ3n) is 4.20. The Bertz CT molecular complexity index is 614. The summed E-state index contributed by atoms with van der Waals surface area (Å²) in [7, 11) is 0. The summed E-state index contributed by atoms with van der Waals surface area (Å²) in [6, 6.07) is 5.06. The van der Waals surface area contributed by atoms with Crippen LogP contribution in [0.3, 0.4) is 0 Å². The minimum Gasteiger partial charge on any atom is -0.465 e. The standard InChI is InChI=1S/C15H14F3NO3/c16-15(17,18)12-4-2-1-3-9(12)5-13(20)19-6-10-8-22-14(21)11(10)7-19/h1-4,10-11H,5-8H2/t10-,11-/m1/s1. The third kappa shape index (κ3) is 2.67. The van der Waals surface area contributed by atoms with Gasteiger partial charge in [-0.2, -0.15) is 13.2 Å². The number of halogens is 3. The predicted molar refractivity (Wildman–Crippen MR) is 69.7 cm³/mol. The first-order chi connectivity index (χ1) is 10.4. The van der Waals surface area contributed by atoms with E-state index in [0.717, 1.165) is 6.07 Å². The molecule has 1 aromatic carbocycles. The molecule has 3 rings (SSSR count). The number of carbonyl (C=O) groups is 2. The molecule has 22 heavy (non-hydrogen) atoms. The highest BCUT2D eigenvalue weighted by Crippen LogP contribution is 2.33. The Labute approximate surface area is 124 Å². The van der Waals surface area contributed by atoms with E-state index < -0.39 is 11.7 Å². The van der Waals surface area contributed by atoms with Crippen molar-refractivity contribution in [3.8, 4) is 0 Å². The average molecular weight is 313 g/mol. The molecule has 118 valence electrons. The molecule has 0 unspecified atom stereocenters. The molecular weight excluding hydrogens is 299 g/mol. The maximum Gasteiger partial charge on any atom is 0.416 e. The van der Waals surface area contributed by atoms with Crippen molar-refractivity contribution in [1.29, 1.82) is 0 Å². The number of esters is 1. The number of rotatable bonds is 2. The predicted octanol–water partition coefficient (Wildman–Crippen LogP) is 1.88. The van der Waals surface area contributed by atoms with Gasteiger partial charge in [-0.25, -0.2) is 0 Å². The number of alkyl halides is 3. The van der Waals surface area contributed by atoms with Crippen molar-refractivity contribution in [2.75, 3.05) is 19.7 Å². The normalized spacial score (nSPS) is 24.3. The summed E-state index contributed by atoms with van der Waals surface area (Å²) in [5.41, 5.74) is -0.832. The van der Waals surface area contributed by atoms with Gasteiger partial charge in [0, 0.05) is 19.0 Å². The van der Waals surface area contributed by atoms with Gasteiger partial charge in [0.1, 0.15) is 0 Å². The van der Waals surface area contributed by atoms with Crippen molar-refractivity contribution >= 4 is 11.9 Å². The molecule has 0 aromatic heterocycles. The fourth-order valence-corrected chi connectivity index (χ4v) is 3.03. The molecule has 0 aliphatic carbocycles. The highest BCUT2D eigenvalue weighted by atomic mass is 19.4. The van der Waals surface area contributed by atoms with Gasteiger partial charge in [-0.3, -0.25) is 9.59 Å². The van der Waals surface area contributed by atoms with Crippen LogP contribution in [-0.4, -0.2) is 36.5 Å². The zero-order valence-electron chi connectivity index (χ0n) is 11.6. The molecule has 2 heterocycles. The molecule has 0 spiro atoms. The first kappa shape index (κ1) is 14.9. The number of fused-ring (bicyclic) bond motifs is 1. The third-order valence-corrected chi connectivity index (χ3v) is 4.20. The molecule has 1 aromatic rings. The van der Waals surface area contributed by atoms with Gasteiger partial charge >= 0.3 is 12.1 Å². The summed E-state index contributed by atoms with van der Waals surface area (Å²) in [5, 5.41) is 0. The fraction of sp³-hybridized carbons (Fsp3) is 0.467. The number of benzene rings is 1. The minimum absolute atomic E-state index is 0.0330. The summed E-state index contributed by atoms with van der Waals surface area (Å²) in [6.45, 7) is 0.881. The van der Waals surface area contributed by atoms with Gasteiger partial charge in [0.25, 0.3) is 0 Å². The number of hydrogen-bond donors (Lipinski definition) is 0. The number of cyclic esters (lactones) is 1. The van der Waals surface area contributed by atoms with Crippen LogP contribution >= 0.6 is 0 Å². The molecule has 0 radical (unpaired) electrons. The van der Waals surface area contributed by atoms with Crippen LogP contribution in [0.5, 0.6) is 0 Å². The summed E-state index contributed by atoms with van der Waals surface area (Å²) in [4.78, 5) is 25.2. The zero-order chi connectivity index (χ0) is 15.9.